The lowest BCUT2D eigenvalue weighted by molar-refractivity contribution is -0.146. The van der Waals surface area contributed by atoms with E-state index in [4.69, 9.17) is 33.4 Å². The summed E-state index contributed by atoms with van der Waals surface area (Å²) in [5, 5.41) is 18.1. The van der Waals surface area contributed by atoms with Gasteiger partial charge < -0.3 is 10.2 Å². The first-order valence-electron chi connectivity index (χ1n) is 3.71. The summed E-state index contributed by atoms with van der Waals surface area (Å²) in [6.45, 7) is 0. The Morgan fingerprint density at radius 3 is 2.36 bits per heavy atom. The fourth-order valence-corrected chi connectivity index (χ4v) is 1.43. The Morgan fingerprint density at radius 1 is 1.43 bits per heavy atom. The van der Waals surface area contributed by atoms with Crippen LogP contribution in [0.2, 0.25) is 10.0 Å². The predicted octanol–water partition coefficient (Wildman–Crippen LogP) is 1.38. The van der Waals surface area contributed by atoms with E-state index < -0.39 is 12.1 Å². The molecule has 76 valence electrons. The molecule has 0 saturated carbocycles. The number of carboxylic acids is 1. The Labute approximate surface area is 90.1 Å². The summed E-state index contributed by atoms with van der Waals surface area (Å²) >= 11 is 11.5. The topological polar surface area (TPSA) is 70.4 Å². The number of pyridine rings is 1. The Balaban J connectivity index is 2.91. The highest BCUT2D eigenvalue weighted by atomic mass is 35.5. The van der Waals surface area contributed by atoms with Crippen molar-refractivity contribution in [3.05, 3.63) is 28.0 Å². The van der Waals surface area contributed by atoms with E-state index in [1.165, 1.54) is 12.4 Å². The summed E-state index contributed by atoms with van der Waals surface area (Å²) in [6, 6.07) is 0. The Bertz CT molecular complexity index is 336. The molecule has 0 fully saturated rings. The smallest absolute Gasteiger partial charge is 0.332 e. The van der Waals surface area contributed by atoms with Crippen LogP contribution in [-0.2, 0) is 11.2 Å². The summed E-state index contributed by atoms with van der Waals surface area (Å²) in [4.78, 5) is 14.1. The zero-order chi connectivity index (χ0) is 10.7. The van der Waals surface area contributed by atoms with E-state index in [2.05, 4.69) is 4.98 Å². The largest absolute Gasteiger partial charge is 0.479 e. The number of rotatable bonds is 3. The van der Waals surface area contributed by atoms with Crippen LogP contribution in [0, 0.1) is 0 Å². The molecule has 1 heterocycles. The standard InChI is InChI=1S/C8H7Cl2NO3/c9-5-2-11-3-6(10)4(5)1-7(12)8(13)14/h2-3,7,12H,1H2,(H,13,14). The molecule has 0 spiro atoms. The lowest BCUT2D eigenvalue weighted by Crippen LogP contribution is -2.22. The van der Waals surface area contributed by atoms with Gasteiger partial charge in [0.05, 0.1) is 10.0 Å². The molecule has 0 aliphatic heterocycles. The molecule has 2 N–H and O–H groups in total. The van der Waals surface area contributed by atoms with Gasteiger partial charge in [0, 0.05) is 18.8 Å². The molecule has 0 aromatic carbocycles. The number of carbonyl (C=O) groups is 1. The molecule has 0 radical (unpaired) electrons. The molecule has 4 nitrogen and oxygen atoms in total. The predicted molar refractivity (Wildman–Crippen MR) is 51.6 cm³/mol. The zero-order valence-corrected chi connectivity index (χ0v) is 8.46. The molecular weight excluding hydrogens is 229 g/mol. The maximum absolute atomic E-state index is 10.4. The second-order valence-corrected chi connectivity index (χ2v) is 3.45. The molecule has 1 aromatic heterocycles. The van der Waals surface area contributed by atoms with E-state index in [9.17, 15) is 4.79 Å². The van der Waals surface area contributed by atoms with Gasteiger partial charge >= 0.3 is 5.97 Å². The zero-order valence-electron chi connectivity index (χ0n) is 6.94. The fourth-order valence-electron chi connectivity index (χ4n) is 0.914. The lowest BCUT2D eigenvalue weighted by atomic mass is 10.1. The minimum atomic E-state index is -1.51. The highest BCUT2D eigenvalue weighted by Gasteiger charge is 2.17. The molecule has 1 aromatic rings. The third-order valence-electron chi connectivity index (χ3n) is 1.63. The molecule has 1 rings (SSSR count). The lowest BCUT2D eigenvalue weighted by Gasteiger charge is -2.08. The van der Waals surface area contributed by atoms with Crippen LogP contribution in [0.15, 0.2) is 12.4 Å². The van der Waals surface area contributed by atoms with Crippen molar-refractivity contribution < 1.29 is 15.0 Å². The van der Waals surface area contributed by atoms with Crippen molar-refractivity contribution in [1.29, 1.82) is 0 Å². The van der Waals surface area contributed by atoms with E-state index in [0.29, 0.717) is 5.56 Å². The van der Waals surface area contributed by atoms with Crippen molar-refractivity contribution in [3.8, 4) is 0 Å². The average molecular weight is 236 g/mol. The number of hydrogen-bond donors (Lipinski definition) is 2. The molecule has 1 atom stereocenters. The van der Waals surface area contributed by atoms with Gasteiger partial charge in [-0.25, -0.2) is 4.79 Å². The maximum Gasteiger partial charge on any atom is 0.332 e. The second-order valence-electron chi connectivity index (χ2n) is 2.64. The molecule has 0 aliphatic rings. The molecule has 14 heavy (non-hydrogen) atoms. The van der Waals surface area contributed by atoms with E-state index in [0.717, 1.165) is 0 Å². The van der Waals surface area contributed by atoms with Crippen LogP contribution in [-0.4, -0.2) is 27.3 Å². The summed E-state index contributed by atoms with van der Waals surface area (Å²) in [6.07, 6.45) is 1.05. The van der Waals surface area contributed by atoms with Gasteiger partial charge in [-0.15, -0.1) is 0 Å². The third kappa shape index (κ3) is 2.57. The van der Waals surface area contributed by atoms with Crippen LogP contribution in [0.5, 0.6) is 0 Å². The number of carboxylic acid groups (broad SMARTS) is 1. The van der Waals surface area contributed by atoms with Gasteiger partial charge in [0.25, 0.3) is 0 Å². The number of aliphatic hydroxyl groups excluding tert-OH is 1. The Hall–Kier alpha value is -0.840. The van der Waals surface area contributed by atoms with E-state index >= 15 is 0 Å². The first-order chi connectivity index (χ1) is 6.52. The van der Waals surface area contributed by atoms with Gasteiger partial charge in [-0.1, -0.05) is 23.2 Å². The Morgan fingerprint density at radius 2 is 1.93 bits per heavy atom. The van der Waals surface area contributed by atoms with E-state index in [-0.39, 0.29) is 16.5 Å². The monoisotopic (exact) mass is 235 g/mol. The van der Waals surface area contributed by atoms with Crippen molar-refractivity contribution in [2.45, 2.75) is 12.5 Å². The maximum atomic E-state index is 10.4. The molecule has 1 unspecified atom stereocenters. The number of halogens is 2. The molecule has 0 aliphatic carbocycles. The van der Waals surface area contributed by atoms with Crippen LogP contribution in [0.25, 0.3) is 0 Å². The minimum Gasteiger partial charge on any atom is -0.479 e. The number of aliphatic hydroxyl groups is 1. The minimum absolute atomic E-state index is 0.129. The third-order valence-corrected chi connectivity index (χ3v) is 2.29. The summed E-state index contributed by atoms with van der Waals surface area (Å²) < 4.78 is 0. The van der Waals surface area contributed by atoms with Crippen molar-refractivity contribution in [3.63, 3.8) is 0 Å². The van der Waals surface area contributed by atoms with Crippen molar-refractivity contribution in [1.82, 2.24) is 4.98 Å². The molecule has 0 amide bonds. The molecule has 0 saturated heterocycles. The van der Waals surface area contributed by atoms with Crippen molar-refractivity contribution >= 4 is 29.2 Å². The van der Waals surface area contributed by atoms with Gasteiger partial charge in [0.1, 0.15) is 0 Å². The number of nitrogens with zero attached hydrogens (tertiary/aromatic N) is 1. The first-order valence-corrected chi connectivity index (χ1v) is 4.46. The molecule has 0 bridgehead atoms. The van der Waals surface area contributed by atoms with Gasteiger partial charge in [-0.3, -0.25) is 4.98 Å². The van der Waals surface area contributed by atoms with Gasteiger partial charge in [-0.05, 0) is 5.56 Å². The van der Waals surface area contributed by atoms with Crippen LogP contribution in [0.4, 0.5) is 0 Å². The fraction of sp³-hybridized carbons (Fsp3) is 0.250. The van der Waals surface area contributed by atoms with Crippen LogP contribution in [0.1, 0.15) is 5.56 Å². The number of hydrogen-bond acceptors (Lipinski definition) is 3. The highest BCUT2D eigenvalue weighted by molar-refractivity contribution is 6.35. The highest BCUT2D eigenvalue weighted by Crippen LogP contribution is 2.24. The number of aliphatic carboxylic acids is 1. The molecular formula is C8H7Cl2NO3. The summed E-state index contributed by atoms with van der Waals surface area (Å²) in [7, 11) is 0. The van der Waals surface area contributed by atoms with Crippen molar-refractivity contribution in [2.24, 2.45) is 0 Å². The van der Waals surface area contributed by atoms with Gasteiger partial charge in [0.2, 0.25) is 0 Å². The van der Waals surface area contributed by atoms with E-state index in [1.807, 2.05) is 0 Å². The van der Waals surface area contributed by atoms with Crippen LogP contribution >= 0.6 is 23.2 Å². The van der Waals surface area contributed by atoms with E-state index in [1.54, 1.807) is 0 Å². The SMILES string of the molecule is O=C(O)C(O)Cc1c(Cl)cncc1Cl. The average Bonchev–Trinajstić information content (AvgIpc) is 2.11. The summed E-state index contributed by atoms with van der Waals surface area (Å²) in [5.41, 5.74) is 0.387. The quantitative estimate of drug-likeness (QED) is 0.831. The van der Waals surface area contributed by atoms with Crippen LogP contribution < -0.4 is 0 Å². The van der Waals surface area contributed by atoms with Gasteiger partial charge in [-0.2, -0.15) is 0 Å². The first kappa shape index (κ1) is 11.2. The normalized spacial score (nSPS) is 12.5. The number of aromatic nitrogens is 1. The van der Waals surface area contributed by atoms with Gasteiger partial charge in [0.15, 0.2) is 6.10 Å². The van der Waals surface area contributed by atoms with Crippen molar-refractivity contribution in [2.75, 3.05) is 0 Å². The second kappa shape index (κ2) is 4.59. The van der Waals surface area contributed by atoms with Crippen LogP contribution in [0.3, 0.4) is 0 Å². The molecule has 6 heteroatoms. The Kier molecular flexibility index (Phi) is 3.69. The summed E-state index contributed by atoms with van der Waals surface area (Å²) in [5.74, 6) is -1.31.